The molecule has 0 saturated carbocycles. The van der Waals surface area contributed by atoms with Gasteiger partial charge in [-0.25, -0.2) is 0 Å². The molecule has 0 bridgehead atoms. The van der Waals surface area contributed by atoms with Gasteiger partial charge in [0.1, 0.15) is 5.75 Å². The van der Waals surface area contributed by atoms with Crippen molar-refractivity contribution in [2.24, 2.45) is 0 Å². The van der Waals surface area contributed by atoms with E-state index in [1.54, 1.807) is 24.3 Å². The summed E-state index contributed by atoms with van der Waals surface area (Å²) in [6.07, 6.45) is -2.94. The smallest absolute Gasteiger partial charge is 0.416 e. The van der Waals surface area contributed by atoms with E-state index in [0.717, 1.165) is 6.07 Å². The first kappa shape index (κ1) is 21.2. The number of nitrogens with zero attached hydrogens (tertiary/aromatic N) is 1. The molecule has 1 saturated heterocycles. The Labute approximate surface area is 177 Å². The highest BCUT2D eigenvalue weighted by atomic mass is 19.4. The first-order valence-corrected chi connectivity index (χ1v) is 10.0. The van der Waals surface area contributed by atoms with E-state index in [9.17, 15) is 22.8 Å². The number of alkyl halides is 3. The van der Waals surface area contributed by atoms with Gasteiger partial charge in [-0.15, -0.1) is 0 Å². The van der Waals surface area contributed by atoms with E-state index in [2.05, 4.69) is 15.5 Å². The van der Waals surface area contributed by atoms with Crippen molar-refractivity contribution >= 4 is 17.5 Å². The van der Waals surface area contributed by atoms with E-state index in [1.165, 1.54) is 12.1 Å². The number of ether oxygens (including phenoxy) is 1. The molecule has 2 aromatic rings. The predicted molar refractivity (Wildman–Crippen MR) is 108 cm³/mol. The minimum absolute atomic E-state index is 0.0212. The molecule has 2 heterocycles. The summed E-state index contributed by atoms with van der Waals surface area (Å²) in [6.45, 7) is 1.75. The van der Waals surface area contributed by atoms with Crippen LogP contribution in [0.4, 0.5) is 18.9 Å². The highest BCUT2D eigenvalue weighted by Gasteiger charge is 2.30. The van der Waals surface area contributed by atoms with Gasteiger partial charge in [0.25, 0.3) is 11.8 Å². The third-order valence-corrected chi connectivity index (χ3v) is 5.46. The molecule has 0 aliphatic carbocycles. The lowest BCUT2D eigenvalue weighted by Crippen LogP contribution is -2.44. The Kier molecular flexibility index (Phi) is 5.86. The molecule has 1 fully saturated rings. The summed E-state index contributed by atoms with van der Waals surface area (Å²) in [5, 5.41) is 5.68. The van der Waals surface area contributed by atoms with Crippen molar-refractivity contribution in [3.8, 4) is 5.75 Å². The molecule has 0 spiro atoms. The number of amides is 2. The number of piperidine rings is 1. The van der Waals surface area contributed by atoms with Crippen LogP contribution in [-0.4, -0.2) is 42.5 Å². The van der Waals surface area contributed by atoms with Crippen LogP contribution in [0.3, 0.4) is 0 Å². The van der Waals surface area contributed by atoms with Crippen molar-refractivity contribution in [1.29, 1.82) is 0 Å². The number of carbonyl (C=O) groups excluding carboxylic acids is 2. The summed E-state index contributed by atoms with van der Waals surface area (Å²) >= 11 is 0. The van der Waals surface area contributed by atoms with Crippen molar-refractivity contribution in [3.05, 3.63) is 59.2 Å². The fraction of sp³-hybridized carbons (Fsp3) is 0.364. The van der Waals surface area contributed by atoms with Crippen LogP contribution in [-0.2, 0) is 17.5 Å². The van der Waals surface area contributed by atoms with Gasteiger partial charge in [-0.3, -0.25) is 14.5 Å². The molecule has 2 N–H and O–H groups in total. The molecule has 0 radical (unpaired) electrons. The fourth-order valence-electron chi connectivity index (χ4n) is 3.83. The van der Waals surface area contributed by atoms with Gasteiger partial charge < -0.3 is 15.4 Å². The van der Waals surface area contributed by atoms with E-state index in [1.807, 2.05) is 0 Å². The number of hydrogen-bond acceptors (Lipinski definition) is 4. The normalized spacial score (nSPS) is 17.5. The summed E-state index contributed by atoms with van der Waals surface area (Å²) in [7, 11) is 0. The van der Waals surface area contributed by atoms with Crippen molar-refractivity contribution in [3.63, 3.8) is 0 Å². The van der Waals surface area contributed by atoms with Gasteiger partial charge in [-0.05, 0) is 42.7 Å². The van der Waals surface area contributed by atoms with Gasteiger partial charge in [0.05, 0.1) is 11.3 Å². The first-order valence-electron chi connectivity index (χ1n) is 10.0. The standard InChI is InChI=1S/C22H22F3N3O3/c23-22(24,25)16-3-1-2-14(10-16)12-28-8-6-17(7-9-28)26-21(30)15-4-5-19-18(11-15)27-20(29)13-31-19/h1-5,10-11,17H,6-9,12-13H2,(H,26,30)(H,27,29). The Morgan fingerprint density at radius 3 is 2.68 bits per heavy atom. The van der Waals surface area contributed by atoms with E-state index in [4.69, 9.17) is 4.74 Å². The molecule has 2 aromatic carbocycles. The zero-order chi connectivity index (χ0) is 22.0. The molecule has 0 atom stereocenters. The van der Waals surface area contributed by atoms with Crippen molar-refractivity contribution in [2.75, 3.05) is 25.0 Å². The van der Waals surface area contributed by atoms with Crippen LogP contribution in [0.5, 0.6) is 5.75 Å². The molecule has 4 rings (SSSR count). The summed E-state index contributed by atoms with van der Waals surface area (Å²) in [4.78, 5) is 26.1. The third-order valence-electron chi connectivity index (χ3n) is 5.46. The average molecular weight is 433 g/mol. The zero-order valence-corrected chi connectivity index (χ0v) is 16.7. The maximum absolute atomic E-state index is 12.9. The highest BCUT2D eigenvalue weighted by molar-refractivity contribution is 5.99. The Morgan fingerprint density at radius 1 is 1.16 bits per heavy atom. The van der Waals surface area contributed by atoms with Crippen LogP contribution in [0.15, 0.2) is 42.5 Å². The lowest BCUT2D eigenvalue weighted by atomic mass is 10.0. The number of likely N-dealkylation sites (tertiary alicyclic amines) is 1. The summed E-state index contributed by atoms with van der Waals surface area (Å²) in [5.74, 6) is 0.0243. The SMILES string of the molecule is O=C1COc2ccc(C(=O)NC3CCN(Cc4cccc(C(F)(F)F)c4)CC3)cc2N1. The highest BCUT2D eigenvalue weighted by Crippen LogP contribution is 2.30. The van der Waals surface area contributed by atoms with Crippen molar-refractivity contribution < 1.29 is 27.5 Å². The van der Waals surface area contributed by atoms with Gasteiger partial charge >= 0.3 is 6.18 Å². The van der Waals surface area contributed by atoms with Crippen molar-refractivity contribution in [1.82, 2.24) is 10.2 Å². The lowest BCUT2D eigenvalue weighted by molar-refractivity contribution is -0.137. The minimum Gasteiger partial charge on any atom is -0.482 e. The summed E-state index contributed by atoms with van der Waals surface area (Å²) < 4.78 is 44.0. The monoisotopic (exact) mass is 433 g/mol. The second-order valence-corrected chi connectivity index (χ2v) is 7.77. The van der Waals surface area contributed by atoms with Crippen LogP contribution in [0, 0.1) is 0 Å². The number of hydrogen-bond donors (Lipinski definition) is 2. The molecule has 164 valence electrons. The number of fused-ring (bicyclic) bond motifs is 1. The van der Waals surface area contributed by atoms with Crippen LogP contribution >= 0.6 is 0 Å². The largest absolute Gasteiger partial charge is 0.482 e. The molecule has 31 heavy (non-hydrogen) atoms. The van der Waals surface area contributed by atoms with Crippen LogP contribution < -0.4 is 15.4 Å². The Hall–Kier alpha value is -3.07. The quantitative estimate of drug-likeness (QED) is 0.775. The van der Waals surface area contributed by atoms with Crippen LogP contribution in [0.2, 0.25) is 0 Å². The molecule has 2 aliphatic rings. The maximum atomic E-state index is 12.9. The number of benzene rings is 2. The van der Waals surface area contributed by atoms with Crippen LogP contribution in [0.25, 0.3) is 0 Å². The number of carbonyl (C=O) groups is 2. The first-order chi connectivity index (χ1) is 14.8. The number of rotatable bonds is 4. The molecule has 2 aliphatic heterocycles. The van der Waals surface area contributed by atoms with E-state index in [-0.39, 0.29) is 24.5 Å². The third kappa shape index (κ3) is 5.16. The summed E-state index contributed by atoms with van der Waals surface area (Å²) in [6, 6.07) is 10.3. The topological polar surface area (TPSA) is 70.7 Å². The van der Waals surface area contributed by atoms with Gasteiger partial charge in [0.2, 0.25) is 0 Å². The van der Waals surface area contributed by atoms with E-state index < -0.39 is 11.7 Å². The fourth-order valence-corrected chi connectivity index (χ4v) is 3.83. The molecular weight excluding hydrogens is 411 g/mol. The maximum Gasteiger partial charge on any atom is 0.416 e. The van der Waals surface area contributed by atoms with Gasteiger partial charge in [-0.2, -0.15) is 13.2 Å². The van der Waals surface area contributed by atoms with Gasteiger partial charge in [0.15, 0.2) is 6.61 Å². The lowest BCUT2D eigenvalue weighted by Gasteiger charge is -2.32. The molecule has 2 amide bonds. The van der Waals surface area contributed by atoms with Gasteiger partial charge in [-0.1, -0.05) is 18.2 Å². The molecule has 6 nitrogen and oxygen atoms in total. The minimum atomic E-state index is -4.35. The Morgan fingerprint density at radius 2 is 1.94 bits per heavy atom. The van der Waals surface area contributed by atoms with Crippen LogP contribution in [0.1, 0.15) is 34.3 Å². The van der Waals surface area contributed by atoms with E-state index >= 15 is 0 Å². The Bertz CT molecular complexity index is 985. The van der Waals surface area contributed by atoms with Gasteiger partial charge in [0, 0.05) is 31.2 Å². The summed E-state index contributed by atoms with van der Waals surface area (Å²) in [5.41, 5.74) is 0.880. The Balaban J connectivity index is 1.30. The predicted octanol–water partition coefficient (Wildman–Crippen LogP) is 3.43. The average Bonchev–Trinajstić information content (AvgIpc) is 2.74. The number of halogens is 3. The van der Waals surface area contributed by atoms with E-state index in [0.29, 0.717) is 55.0 Å². The molecular formula is C22H22F3N3O3. The molecule has 0 aromatic heterocycles. The second kappa shape index (κ2) is 8.58. The molecule has 9 heteroatoms. The second-order valence-electron chi connectivity index (χ2n) is 7.77. The number of nitrogens with one attached hydrogen (secondary N) is 2. The zero-order valence-electron chi connectivity index (χ0n) is 16.7. The van der Waals surface area contributed by atoms with Crippen molar-refractivity contribution in [2.45, 2.75) is 31.6 Å². The molecule has 0 unspecified atom stereocenters. The number of anilines is 1.